The van der Waals surface area contributed by atoms with E-state index in [9.17, 15) is 14.7 Å². The van der Waals surface area contributed by atoms with Gasteiger partial charge in [0.05, 0.1) is 19.1 Å². The van der Waals surface area contributed by atoms with Crippen molar-refractivity contribution in [1.29, 1.82) is 0 Å². The number of rotatable bonds is 45. The van der Waals surface area contributed by atoms with Gasteiger partial charge in [0, 0.05) is 13.2 Å². The molecular weight excluding hydrogens is 699 g/mol. The van der Waals surface area contributed by atoms with Gasteiger partial charge in [-0.3, -0.25) is 4.79 Å². The predicted molar refractivity (Wildman–Crippen MR) is 238 cm³/mol. The van der Waals surface area contributed by atoms with Crippen LogP contribution in [0.1, 0.15) is 252 Å². The molecule has 0 amide bonds. The van der Waals surface area contributed by atoms with E-state index in [1.54, 1.807) is 0 Å². The van der Waals surface area contributed by atoms with Crippen LogP contribution in [0.15, 0.2) is 0 Å². The number of aliphatic hydroxyl groups excluding tert-OH is 1. The van der Waals surface area contributed by atoms with Gasteiger partial charge in [0.25, 0.3) is 0 Å². The Bertz CT molecular complexity index is 793. The van der Waals surface area contributed by atoms with Crippen molar-refractivity contribution < 1.29 is 28.9 Å². The van der Waals surface area contributed by atoms with Crippen LogP contribution in [0.25, 0.3) is 0 Å². The minimum absolute atomic E-state index is 0.00973. The topological polar surface area (TPSA) is 85.3 Å². The third kappa shape index (κ3) is 38.2. The SMILES string of the molecule is CCCCCCCCC(CCCCCCCC)OC(=O)OCCCCCCN(CCCO)CCCCCCOC(=O)C(CCCCCC)CCCCCCCC. The van der Waals surface area contributed by atoms with Crippen molar-refractivity contribution >= 4 is 12.1 Å². The molecule has 0 aromatic heterocycles. The Kier molecular flexibility index (Phi) is 43.7. The minimum atomic E-state index is -0.481. The van der Waals surface area contributed by atoms with E-state index in [1.807, 2.05) is 0 Å². The normalized spacial score (nSPS) is 12.1. The van der Waals surface area contributed by atoms with Crippen LogP contribution >= 0.6 is 0 Å². The van der Waals surface area contributed by atoms with Gasteiger partial charge < -0.3 is 24.2 Å². The second-order valence-corrected chi connectivity index (χ2v) is 17.0. The number of hydrogen-bond acceptors (Lipinski definition) is 7. The zero-order chi connectivity index (χ0) is 41.0. The maximum atomic E-state index is 13.0. The van der Waals surface area contributed by atoms with Crippen LogP contribution < -0.4 is 0 Å². The second kappa shape index (κ2) is 44.8. The highest BCUT2D eigenvalue weighted by molar-refractivity contribution is 5.72. The first kappa shape index (κ1) is 54.7. The highest BCUT2D eigenvalue weighted by Crippen LogP contribution is 2.21. The monoisotopic (exact) mass is 796 g/mol. The van der Waals surface area contributed by atoms with Crippen LogP contribution in [0.2, 0.25) is 0 Å². The lowest BCUT2D eigenvalue weighted by Gasteiger charge is -2.22. The summed E-state index contributed by atoms with van der Waals surface area (Å²) in [6.07, 6.45) is 40.1. The van der Waals surface area contributed by atoms with Crippen LogP contribution in [0.3, 0.4) is 0 Å². The summed E-state index contributed by atoms with van der Waals surface area (Å²) >= 11 is 0. The summed E-state index contributed by atoms with van der Waals surface area (Å²) < 4.78 is 17.1. The smallest absolute Gasteiger partial charge is 0.465 e. The van der Waals surface area contributed by atoms with Gasteiger partial charge in [0.15, 0.2) is 0 Å². The maximum Gasteiger partial charge on any atom is 0.508 e. The van der Waals surface area contributed by atoms with Crippen LogP contribution in [-0.2, 0) is 19.0 Å². The first-order valence-corrected chi connectivity index (χ1v) is 24.8. The molecule has 0 saturated carbocycles. The van der Waals surface area contributed by atoms with Gasteiger partial charge >= 0.3 is 12.1 Å². The lowest BCUT2D eigenvalue weighted by molar-refractivity contribution is -0.149. The summed E-state index contributed by atoms with van der Waals surface area (Å²) in [6.45, 7) is 13.2. The van der Waals surface area contributed by atoms with Crippen molar-refractivity contribution in [3.8, 4) is 0 Å². The molecule has 56 heavy (non-hydrogen) atoms. The average Bonchev–Trinajstić information content (AvgIpc) is 3.20. The number of unbranched alkanes of at least 4 members (excludes halogenated alkanes) is 24. The Labute approximate surface area is 348 Å². The van der Waals surface area contributed by atoms with Crippen molar-refractivity contribution in [2.45, 2.75) is 259 Å². The molecule has 7 heteroatoms. The molecular formula is C49H97NO6. The molecule has 0 saturated heterocycles. The van der Waals surface area contributed by atoms with E-state index >= 15 is 0 Å². The van der Waals surface area contributed by atoms with Gasteiger partial charge in [-0.15, -0.1) is 0 Å². The number of carbonyl (C=O) groups excluding carboxylic acids is 2. The molecule has 0 spiro atoms. The van der Waals surface area contributed by atoms with Gasteiger partial charge in [-0.2, -0.15) is 0 Å². The average molecular weight is 796 g/mol. The van der Waals surface area contributed by atoms with Gasteiger partial charge in [0.1, 0.15) is 6.10 Å². The van der Waals surface area contributed by atoms with E-state index in [0.717, 1.165) is 129 Å². The molecule has 7 nitrogen and oxygen atoms in total. The second-order valence-electron chi connectivity index (χ2n) is 17.0. The van der Waals surface area contributed by atoms with E-state index in [-0.39, 0.29) is 24.6 Å². The van der Waals surface area contributed by atoms with Crippen LogP contribution in [0.5, 0.6) is 0 Å². The molecule has 0 bridgehead atoms. The zero-order valence-corrected chi connectivity index (χ0v) is 38.1. The lowest BCUT2D eigenvalue weighted by Crippen LogP contribution is -2.28. The molecule has 0 rings (SSSR count). The molecule has 0 aromatic carbocycles. The Hall–Kier alpha value is -1.34. The van der Waals surface area contributed by atoms with Crippen LogP contribution in [0.4, 0.5) is 4.79 Å². The summed E-state index contributed by atoms with van der Waals surface area (Å²) in [5.41, 5.74) is 0. The number of esters is 1. The third-order valence-electron chi connectivity index (χ3n) is 11.5. The zero-order valence-electron chi connectivity index (χ0n) is 38.1. The van der Waals surface area contributed by atoms with Gasteiger partial charge in [-0.1, -0.05) is 182 Å². The number of hydrogen-bond donors (Lipinski definition) is 1. The molecule has 0 aliphatic heterocycles. The Morgan fingerprint density at radius 3 is 1.25 bits per heavy atom. The molecule has 0 aliphatic carbocycles. The fourth-order valence-electron chi connectivity index (χ4n) is 7.76. The van der Waals surface area contributed by atoms with E-state index in [2.05, 4.69) is 32.6 Å². The summed E-state index contributed by atoms with van der Waals surface area (Å²) in [6, 6.07) is 0. The highest BCUT2D eigenvalue weighted by Gasteiger charge is 2.19. The first-order valence-electron chi connectivity index (χ1n) is 24.8. The number of aliphatic hydroxyl groups is 1. The minimum Gasteiger partial charge on any atom is -0.465 e. The molecule has 1 unspecified atom stereocenters. The molecule has 0 heterocycles. The van der Waals surface area contributed by atoms with Crippen molar-refractivity contribution in [2.24, 2.45) is 5.92 Å². The first-order chi connectivity index (χ1) is 27.5. The van der Waals surface area contributed by atoms with Gasteiger partial charge in [-0.05, 0) is 83.7 Å². The summed E-state index contributed by atoms with van der Waals surface area (Å²) in [5, 5.41) is 9.44. The van der Waals surface area contributed by atoms with E-state index in [4.69, 9.17) is 14.2 Å². The van der Waals surface area contributed by atoms with Gasteiger partial charge in [-0.25, -0.2) is 4.79 Å². The van der Waals surface area contributed by atoms with Crippen molar-refractivity contribution in [1.82, 2.24) is 4.90 Å². The standard InChI is InChI=1S/C49H97NO6/c1-5-9-13-17-20-28-37-46(36-27-16-12-8-4)48(52)54-44-33-25-23-31-40-50(42-35-43-51)41-32-24-26-34-45-55-49(53)56-47(38-29-21-18-14-10-6-2)39-30-22-19-15-11-7-3/h46-47,51H,5-45H2,1-4H3. The molecule has 0 aliphatic rings. The van der Waals surface area contributed by atoms with Crippen molar-refractivity contribution in [2.75, 3.05) is 39.5 Å². The van der Waals surface area contributed by atoms with E-state index in [1.165, 1.54) is 116 Å². The fraction of sp³-hybridized carbons (Fsp3) is 0.959. The van der Waals surface area contributed by atoms with Crippen molar-refractivity contribution in [3.63, 3.8) is 0 Å². The summed E-state index contributed by atoms with van der Waals surface area (Å²) in [7, 11) is 0. The Morgan fingerprint density at radius 1 is 0.429 bits per heavy atom. The number of nitrogens with zero attached hydrogens (tertiary/aromatic N) is 1. The number of carbonyl (C=O) groups is 2. The molecule has 0 fully saturated rings. The lowest BCUT2D eigenvalue weighted by atomic mass is 9.94. The third-order valence-corrected chi connectivity index (χ3v) is 11.5. The van der Waals surface area contributed by atoms with Gasteiger partial charge in [0.2, 0.25) is 0 Å². The van der Waals surface area contributed by atoms with Crippen molar-refractivity contribution in [3.05, 3.63) is 0 Å². The molecule has 1 N–H and O–H groups in total. The van der Waals surface area contributed by atoms with Crippen LogP contribution in [-0.4, -0.2) is 67.7 Å². The Balaban J connectivity index is 4.29. The highest BCUT2D eigenvalue weighted by atomic mass is 16.7. The van der Waals surface area contributed by atoms with E-state index in [0.29, 0.717) is 13.2 Å². The molecule has 1 atom stereocenters. The summed E-state index contributed by atoms with van der Waals surface area (Å²) in [5.74, 6) is 0.127. The summed E-state index contributed by atoms with van der Waals surface area (Å²) in [4.78, 5) is 28.0. The maximum absolute atomic E-state index is 13.0. The van der Waals surface area contributed by atoms with E-state index < -0.39 is 6.16 Å². The predicted octanol–water partition coefficient (Wildman–Crippen LogP) is 14.7. The van der Waals surface area contributed by atoms with Crippen LogP contribution in [0, 0.1) is 5.92 Å². The number of ether oxygens (including phenoxy) is 3. The largest absolute Gasteiger partial charge is 0.508 e. The molecule has 334 valence electrons. The molecule has 0 aromatic rings. The quantitative estimate of drug-likeness (QED) is 0.0485. The Morgan fingerprint density at radius 2 is 0.786 bits per heavy atom. The molecule has 0 radical (unpaired) electrons. The fourth-order valence-corrected chi connectivity index (χ4v) is 7.76.